The van der Waals surface area contributed by atoms with Crippen molar-refractivity contribution in [3.8, 4) is 5.88 Å². The molecule has 0 unspecified atom stereocenters. The van der Waals surface area contributed by atoms with E-state index in [0.717, 1.165) is 0 Å². The van der Waals surface area contributed by atoms with Gasteiger partial charge in [0.1, 0.15) is 5.69 Å². The highest BCUT2D eigenvalue weighted by Gasteiger charge is 2.32. The van der Waals surface area contributed by atoms with Gasteiger partial charge < -0.3 is 4.74 Å². The first-order valence-electron chi connectivity index (χ1n) is 10.2. The van der Waals surface area contributed by atoms with E-state index in [1.54, 1.807) is 25.2 Å². The lowest BCUT2D eigenvalue weighted by atomic mass is 10.0. The topological polar surface area (TPSA) is 76.4 Å². The minimum absolute atomic E-state index is 0.251. The highest BCUT2D eigenvalue weighted by atomic mass is 35.5. The molecular formula is C21H22ClF3N6O2. The average molecular weight is 483 g/mol. The Hall–Kier alpha value is -2.76. The molecule has 3 heterocycles. The quantitative estimate of drug-likeness (QED) is 0.500. The number of nitrogens with zero attached hydrogens (tertiary/aromatic N) is 6. The van der Waals surface area contributed by atoms with E-state index in [9.17, 15) is 18.0 Å². The maximum absolute atomic E-state index is 12.9. The molecule has 8 nitrogen and oxygen atoms in total. The van der Waals surface area contributed by atoms with Crippen LogP contribution in [0.15, 0.2) is 24.4 Å². The number of aryl methyl sites for hydroxylation is 1. The van der Waals surface area contributed by atoms with E-state index in [-0.39, 0.29) is 5.78 Å². The summed E-state index contributed by atoms with van der Waals surface area (Å²) in [5.74, 6) is 0.0961. The molecule has 0 radical (unpaired) electrons. The van der Waals surface area contributed by atoms with Crippen LogP contribution in [0.3, 0.4) is 0 Å². The maximum atomic E-state index is 12.9. The van der Waals surface area contributed by atoms with Crippen molar-refractivity contribution in [3.05, 3.63) is 46.2 Å². The van der Waals surface area contributed by atoms with Crippen LogP contribution in [-0.2, 0) is 13.6 Å². The van der Waals surface area contributed by atoms with Crippen LogP contribution in [0.2, 0.25) is 5.02 Å². The van der Waals surface area contributed by atoms with Crippen molar-refractivity contribution in [2.75, 3.05) is 39.8 Å². The van der Waals surface area contributed by atoms with Gasteiger partial charge in [0, 0.05) is 56.3 Å². The molecule has 0 bridgehead atoms. The Morgan fingerprint density at radius 2 is 1.88 bits per heavy atom. The number of methoxy groups -OCH3 is 1. The van der Waals surface area contributed by atoms with Gasteiger partial charge in [-0.15, -0.1) is 5.10 Å². The predicted molar refractivity (Wildman–Crippen MR) is 116 cm³/mol. The fraction of sp³-hybridized carbons (Fsp3) is 0.429. The molecule has 4 rings (SSSR count). The smallest absolute Gasteiger partial charge is 0.401 e. The first-order chi connectivity index (χ1) is 15.7. The standard InChI is InChI=1S/C21H22ClF3N6O2/c1-29-17(10-26-28-29)19(32)13-3-4-16-14(9-13)18(22)15(20(27-16)33-2)11-30-5-7-31(8-6-30)12-21(23,24)25/h3-4,9-10H,5-8,11-12H2,1-2H3. The second-order valence-corrected chi connectivity index (χ2v) is 8.26. The van der Waals surface area contributed by atoms with Gasteiger partial charge in [0.05, 0.1) is 30.4 Å². The number of rotatable bonds is 6. The van der Waals surface area contributed by atoms with E-state index in [2.05, 4.69) is 15.3 Å². The van der Waals surface area contributed by atoms with Gasteiger partial charge in [0.15, 0.2) is 0 Å². The Balaban J connectivity index is 1.59. The van der Waals surface area contributed by atoms with Crippen molar-refractivity contribution in [1.82, 2.24) is 29.8 Å². The number of ketones is 1. The van der Waals surface area contributed by atoms with Crippen molar-refractivity contribution in [3.63, 3.8) is 0 Å². The number of ether oxygens (including phenoxy) is 1. The molecule has 1 aromatic carbocycles. The summed E-state index contributed by atoms with van der Waals surface area (Å²) >= 11 is 6.75. The first-order valence-corrected chi connectivity index (χ1v) is 10.6. The highest BCUT2D eigenvalue weighted by molar-refractivity contribution is 6.36. The SMILES string of the molecule is COc1nc2ccc(C(=O)c3cnnn3C)cc2c(Cl)c1CN1CCN(CC(F)(F)F)CC1. The Bertz CT molecular complexity index is 1170. The maximum Gasteiger partial charge on any atom is 0.401 e. The molecule has 1 aliphatic rings. The fourth-order valence-electron chi connectivity index (χ4n) is 3.92. The van der Waals surface area contributed by atoms with Crippen LogP contribution in [0.4, 0.5) is 13.2 Å². The van der Waals surface area contributed by atoms with Gasteiger partial charge in [0.2, 0.25) is 11.7 Å². The van der Waals surface area contributed by atoms with E-state index in [1.165, 1.54) is 22.9 Å². The number of aromatic nitrogens is 4. The zero-order chi connectivity index (χ0) is 23.8. The van der Waals surface area contributed by atoms with Crippen LogP contribution in [0.1, 0.15) is 21.6 Å². The van der Waals surface area contributed by atoms with Crippen LogP contribution in [0.25, 0.3) is 10.9 Å². The molecule has 12 heteroatoms. The molecule has 176 valence electrons. The van der Waals surface area contributed by atoms with Crippen LogP contribution < -0.4 is 4.74 Å². The molecule has 1 aliphatic heterocycles. The molecule has 3 aromatic rings. The van der Waals surface area contributed by atoms with Crippen LogP contribution >= 0.6 is 11.6 Å². The monoisotopic (exact) mass is 482 g/mol. The molecule has 33 heavy (non-hydrogen) atoms. The number of alkyl halides is 3. The van der Waals surface area contributed by atoms with E-state index < -0.39 is 12.7 Å². The van der Waals surface area contributed by atoms with Crippen LogP contribution in [0, 0.1) is 0 Å². The number of pyridine rings is 1. The summed E-state index contributed by atoms with van der Waals surface area (Å²) in [6.45, 7) is 0.981. The Labute approximate surface area is 192 Å². The minimum atomic E-state index is -4.21. The third-order valence-corrected chi connectivity index (χ3v) is 6.06. The predicted octanol–water partition coefficient (Wildman–Crippen LogP) is 2.94. The summed E-state index contributed by atoms with van der Waals surface area (Å²) < 4.78 is 44.8. The third-order valence-electron chi connectivity index (χ3n) is 5.63. The Morgan fingerprint density at radius 3 is 2.48 bits per heavy atom. The number of carbonyl (C=O) groups is 1. The largest absolute Gasteiger partial charge is 0.481 e. The van der Waals surface area contributed by atoms with Gasteiger partial charge in [-0.1, -0.05) is 16.8 Å². The summed E-state index contributed by atoms with van der Waals surface area (Å²) in [6.07, 6.45) is -2.82. The molecule has 0 spiro atoms. The zero-order valence-corrected chi connectivity index (χ0v) is 18.8. The molecule has 0 aliphatic carbocycles. The second kappa shape index (κ2) is 9.24. The van der Waals surface area contributed by atoms with Gasteiger partial charge in [0.25, 0.3) is 0 Å². The molecule has 0 saturated carbocycles. The summed E-state index contributed by atoms with van der Waals surface area (Å²) in [5, 5.41) is 8.51. The normalized spacial score (nSPS) is 15.8. The molecule has 0 atom stereocenters. The summed E-state index contributed by atoms with van der Waals surface area (Å²) in [6, 6.07) is 5.02. The summed E-state index contributed by atoms with van der Waals surface area (Å²) in [7, 11) is 3.12. The van der Waals surface area contributed by atoms with Crippen molar-refractivity contribution in [2.45, 2.75) is 12.7 Å². The lowest BCUT2D eigenvalue weighted by Crippen LogP contribution is -2.48. The number of halogens is 4. The number of benzene rings is 1. The number of hydrogen-bond donors (Lipinski definition) is 0. The van der Waals surface area contributed by atoms with E-state index in [1.807, 2.05) is 4.90 Å². The van der Waals surface area contributed by atoms with Gasteiger partial charge in [-0.25, -0.2) is 9.67 Å². The van der Waals surface area contributed by atoms with Crippen LogP contribution in [0.5, 0.6) is 5.88 Å². The highest BCUT2D eigenvalue weighted by Crippen LogP contribution is 2.34. The molecule has 1 saturated heterocycles. The molecular weight excluding hydrogens is 461 g/mol. The van der Waals surface area contributed by atoms with Crippen molar-refractivity contribution in [1.29, 1.82) is 0 Å². The lowest BCUT2D eigenvalue weighted by Gasteiger charge is -2.35. The first kappa shape index (κ1) is 23.4. The number of hydrogen-bond acceptors (Lipinski definition) is 7. The molecule has 0 N–H and O–H groups in total. The summed E-state index contributed by atoms with van der Waals surface area (Å²) in [5.41, 5.74) is 1.94. The van der Waals surface area contributed by atoms with Crippen LogP contribution in [-0.4, -0.2) is 81.6 Å². The molecule has 2 aromatic heterocycles. The Morgan fingerprint density at radius 1 is 1.18 bits per heavy atom. The number of fused-ring (bicyclic) bond motifs is 1. The van der Waals surface area contributed by atoms with Crippen molar-refractivity contribution < 1.29 is 22.7 Å². The Kier molecular flexibility index (Phi) is 6.55. The molecule has 0 amide bonds. The van der Waals surface area contributed by atoms with Gasteiger partial charge in [-0.3, -0.25) is 14.6 Å². The average Bonchev–Trinajstić information content (AvgIpc) is 3.20. The number of carbonyl (C=O) groups excluding carboxylic acids is 1. The summed E-state index contributed by atoms with van der Waals surface area (Å²) in [4.78, 5) is 20.8. The van der Waals surface area contributed by atoms with Crippen molar-refractivity contribution >= 4 is 28.3 Å². The van der Waals surface area contributed by atoms with Gasteiger partial charge in [-0.2, -0.15) is 13.2 Å². The third kappa shape index (κ3) is 5.10. The fourth-order valence-corrected chi connectivity index (χ4v) is 4.21. The lowest BCUT2D eigenvalue weighted by molar-refractivity contribution is -0.149. The second-order valence-electron chi connectivity index (χ2n) is 7.89. The van der Waals surface area contributed by atoms with Crippen molar-refractivity contribution in [2.24, 2.45) is 7.05 Å². The zero-order valence-electron chi connectivity index (χ0n) is 18.1. The molecule has 1 fully saturated rings. The van der Waals surface area contributed by atoms with Gasteiger partial charge >= 0.3 is 6.18 Å². The van der Waals surface area contributed by atoms with E-state index in [0.29, 0.717) is 71.4 Å². The van der Waals surface area contributed by atoms with E-state index in [4.69, 9.17) is 16.3 Å². The van der Waals surface area contributed by atoms with Gasteiger partial charge in [-0.05, 0) is 18.2 Å². The van der Waals surface area contributed by atoms with E-state index >= 15 is 0 Å². The number of piperazine rings is 1. The minimum Gasteiger partial charge on any atom is -0.481 e.